The molecule has 11 nitrogen and oxygen atoms in total. The molecule has 0 aromatic heterocycles. The van der Waals surface area contributed by atoms with Crippen molar-refractivity contribution in [1.82, 2.24) is 26.6 Å². The molecule has 5 amide bonds. The minimum atomic E-state index is -0.817. The van der Waals surface area contributed by atoms with Crippen LogP contribution in [0.5, 0.6) is 0 Å². The van der Waals surface area contributed by atoms with Gasteiger partial charge in [0.05, 0.1) is 19.6 Å². The molecule has 1 saturated carbocycles. The average molecular weight is 441 g/mol. The minimum absolute atomic E-state index is 0.00623. The van der Waals surface area contributed by atoms with E-state index in [1.54, 1.807) is 0 Å². The number of amides is 5. The lowest BCUT2D eigenvalue weighted by Gasteiger charge is -2.29. The summed E-state index contributed by atoms with van der Waals surface area (Å²) in [4.78, 5) is 59.0. The van der Waals surface area contributed by atoms with Gasteiger partial charge in [-0.25, -0.2) is 0 Å². The second-order valence-corrected chi connectivity index (χ2v) is 8.26. The van der Waals surface area contributed by atoms with Gasteiger partial charge in [-0.2, -0.15) is 0 Å². The van der Waals surface area contributed by atoms with Crippen molar-refractivity contribution >= 4 is 29.5 Å². The standard InChI is InChI=1S/C20H36N6O5/c1-12(2)8-16(26-19(30)10-22-17(28)9-21)20(31)23-11-18(29)25-15-6-4-14(5-7-15)24-13(3)27/h12,14-16H,4-11,21H2,1-3H3,(H,22,28)(H,23,31)(H,24,27)(H,25,29)(H,26,30)/t14-,15-,16-/m0/s1. The number of nitrogens with one attached hydrogen (secondary N) is 5. The first-order chi connectivity index (χ1) is 14.6. The lowest BCUT2D eigenvalue weighted by atomic mass is 9.91. The predicted octanol–water partition coefficient (Wildman–Crippen LogP) is -1.73. The Kier molecular flexibility index (Phi) is 11.5. The van der Waals surface area contributed by atoms with Gasteiger partial charge in [-0.3, -0.25) is 24.0 Å². The van der Waals surface area contributed by atoms with Crippen LogP contribution >= 0.6 is 0 Å². The summed E-state index contributed by atoms with van der Waals surface area (Å²) in [6, 6.07) is -0.671. The van der Waals surface area contributed by atoms with Crippen molar-refractivity contribution in [3.63, 3.8) is 0 Å². The highest BCUT2D eigenvalue weighted by molar-refractivity contribution is 5.92. The van der Waals surface area contributed by atoms with Crippen LogP contribution in [0.1, 0.15) is 52.9 Å². The maximum absolute atomic E-state index is 12.5. The fraction of sp³-hybridized carbons (Fsp3) is 0.750. The molecule has 7 N–H and O–H groups in total. The Labute approximate surface area is 183 Å². The van der Waals surface area contributed by atoms with Crippen molar-refractivity contribution in [2.24, 2.45) is 11.7 Å². The number of hydrogen-bond donors (Lipinski definition) is 6. The molecule has 0 bridgehead atoms. The van der Waals surface area contributed by atoms with Gasteiger partial charge in [0.15, 0.2) is 0 Å². The van der Waals surface area contributed by atoms with Gasteiger partial charge in [-0.15, -0.1) is 0 Å². The normalized spacial score (nSPS) is 19.1. The zero-order valence-corrected chi connectivity index (χ0v) is 18.6. The van der Waals surface area contributed by atoms with E-state index in [4.69, 9.17) is 5.73 Å². The third-order valence-electron chi connectivity index (χ3n) is 4.91. The molecule has 1 aliphatic carbocycles. The van der Waals surface area contributed by atoms with Gasteiger partial charge in [0, 0.05) is 19.0 Å². The zero-order chi connectivity index (χ0) is 23.4. The van der Waals surface area contributed by atoms with Crippen LogP contribution in [-0.4, -0.2) is 67.3 Å². The first-order valence-electron chi connectivity index (χ1n) is 10.7. The van der Waals surface area contributed by atoms with Gasteiger partial charge in [-0.1, -0.05) is 13.8 Å². The first kappa shape index (κ1) is 26.3. The Bertz CT molecular complexity index is 646. The van der Waals surface area contributed by atoms with E-state index in [1.807, 2.05) is 13.8 Å². The van der Waals surface area contributed by atoms with Gasteiger partial charge in [-0.05, 0) is 38.0 Å². The Morgan fingerprint density at radius 2 is 1.39 bits per heavy atom. The van der Waals surface area contributed by atoms with E-state index in [9.17, 15) is 24.0 Å². The Hall–Kier alpha value is -2.69. The summed E-state index contributed by atoms with van der Waals surface area (Å²) in [6.45, 7) is 4.60. The molecule has 1 atom stereocenters. The second-order valence-electron chi connectivity index (χ2n) is 8.26. The Balaban J connectivity index is 2.43. The first-order valence-corrected chi connectivity index (χ1v) is 10.7. The second kappa shape index (κ2) is 13.6. The van der Waals surface area contributed by atoms with Crippen LogP contribution in [0.2, 0.25) is 0 Å². The molecule has 176 valence electrons. The molecular formula is C20H36N6O5. The van der Waals surface area contributed by atoms with E-state index < -0.39 is 23.8 Å². The SMILES string of the molecule is CC(=O)N[C@H]1CC[C@H](NC(=O)CNC(=O)[C@H](CC(C)C)NC(=O)CNC(=O)CN)CC1. The fourth-order valence-electron chi connectivity index (χ4n) is 3.44. The molecule has 0 spiro atoms. The van der Waals surface area contributed by atoms with Crippen LogP contribution in [0, 0.1) is 5.92 Å². The third-order valence-corrected chi connectivity index (χ3v) is 4.91. The number of nitrogens with two attached hydrogens (primary N) is 1. The Morgan fingerprint density at radius 1 is 0.839 bits per heavy atom. The number of carbonyl (C=O) groups is 5. The van der Waals surface area contributed by atoms with Crippen LogP contribution in [0.25, 0.3) is 0 Å². The summed E-state index contributed by atoms with van der Waals surface area (Å²) in [7, 11) is 0. The Morgan fingerprint density at radius 3 is 1.90 bits per heavy atom. The van der Waals surface area contributed by atoms with Gasteiger partial charge in [0.1, 0.15) is 6.04 Å². The number of carbonyl (C=O) groups excluding carboxylic acids is 5. The smallest absolute Gasteiger partial charge is 0.243 e. The highest BCUT2D eigenvalue weighted by Crippen LogP contribution is 2.18. The van der Waals surface area contributed by atoms with Gasteiger partial charge >= 0.3 is 0 Å². The summed E-state index contributed by atoms with van der Waals surface area (Å²) in [5.41, 5.74) is 5.17. The molecule has 31 heavy (non-hydrogen) atoms. The summed E-state index contributed by atoms with van der Waals surface area (Å²) < 4.78 is 0. The highest BCUT2D eigenvalue weighted by atomic mass is 16.2. The van der Waals surface area contributed by atoms with Crippen molar-refractivity contribution in [2.75, 3.05) is 19.6 Å². The zero-order valence-electron chi connectivity index (χ0n) is 18.6. The topological polar surface area (TPSA) is 172 Å². The summed E-state index contributed by atoms with van der Waals surface area (Å²) in [6.07, 6.45) is 3.48. The summed E-state index contributed by atoms with van der Waals surface area (Å²) in [5, 5.41) is 13.3. The van der Waals surface area contributed by atoms with E-state index in [0.717, 1.165) is 25.7 Å². The number of hydrogen-bond acceptors (Lipinski definition) is 6. The molecule has 0 unspecified atom stereocenters. The molecule has 0 aromatic carbocycles. The monoisotopic (exact) mass is 440 g/mol. The predicted molar refractivity (Wildman–Crippen MR) is 114 cm³/mol. The van der Waals surface area contributed by atoms with Crippen molar-refractivity contribution in [3.8, 4) is 0 Å². The average Bonchev–Trinajstić information content (AvgIpc) is 2.70. The van der Waals surface area contributed by atoms with Crippen molar-refractivity contribution in [3.05, 3.63) is 0 Å². The fourth-order valence-corrected chi connectivity index (χ4v) is 3.44. The van der Waals surface area contributed by atoms with Crippen molar-refractivity contribution in [1.29, 1.82) is 0 Å². The molecule has 0 aliphatic heterocycles. The maximum Gasteiger partial charge on any atom is 0.243 e. The van der Waals surface area contributed by atoms with E-state index in [0.29, 0.717) is 6.42 Å². The molecule has 1 rings (SSSR count). The van der Waals surface area contributed by atoms with Crippen LogP contribution in [0.15, 0.2) is 0 Å². The summed E-state index contributed by atoms with van der Waals surface area (Å²) in [5.74, 6) is -1.68. The summed E-state index contributed by atoms with van der Waals surface area (Å²) >= 11 is 0. The highest BCUT2D eigenvalue weighted by Gasteiger charge is 2.25. The third kappa shape index (κ3) is 11.3. The largest absolute Gasteiger partial charge is 0.354 e. The van der Waals surface area contributed by atoms with Crippen LogP contribution in [0.4, 0.5) is 0 Å². The lowest BCUT2D eigenvalue weighted by molar-refractivity contribution is -0.131. The lowest BCUT2D eigenvalue weighted by Crippen LogP contribution is -2.52. The van der Waals surface area contributed by atoms with Crippen LogP contribution in [0.3, 0.4) is 0 Å². The van der Waals surface area contributed by atoms with Gasteiger partial charge in [0.25, 0.3) is 0 Å². The molecule has 0 heterocycles. The van der Waals surface area contributed by atoms with Gasteiger partial charge in [0.2, 0.25) is 29.5 Å². The molecule has 0 radical (unpaired) electrons. The molecule has 11 heteroatoms. The van der Waals surface area contributed by atoms with Crippen LogP contribution in [-0.2, 0) is 24.0 Å². The molecule has 1 fully saturated rings. The van der Waals surface area contributed by atoms with Crippen molar-refractivity contribution < 1.29 is 24.0 Å². The van der Waals surface area contributed by atoms with E-state index >= 15 is 0 Å². The molecule has 0 saturated heterocycles. The minimum Gasteiger partial charge on any atom is -0.354 e. The molecular weight excluding hydrogens is 404 g/mol. The molecule has 0 aromatic rings. The molecule has 1 aliphatic rings. The quantitative estimate of drug-likeness (QED) is 0.223. The number of rotatable bonds is 11. The maximum atomic E-state index is 12.5. The van der Waals surface area contributed by atoms with E-state index in [1.165, 1.54) is 6.92 Å². The van der Waals surface area contributed by atoms with E-state index in [-0.39, 0.29) is 49.5 Å². The van der Waals surface area contributed by atoms with Crippen molar-refractivity contribution in [2.45, 2.75) is 71.0 Å². The van der Waals surface area contributed by atoms with Gasteiger partial charge < -0.3 is 32.3 Å². The van der Waals surface area contributed by atoms with Crippen LogP contribution < -0.4 is 32.3 Å². The van der Waals surface area contributed by atoms with E-state index in [2.05, 4.69) is 26.6 Å².